The second-order valence-corrected chi connectivity index (χ2v) is 14.5. The van der Waals surface area contributed by atoms with Gasteiger partial charge in [-0.3, -0.25) is 19.6 Å². The third-order valence-corrected chi connectivity index (χ3v) is 11.5. The first-order valence-electron chi connectivity index (χ1n) is 17.2. The van der Waals surface area contributed by atoms with Crippen LogP contribution in [0.3, 0.4) is 0 Å². The monoisotopic (exact) mass is 687 g/mol. The number of amides is 1. The zero-order valence-electron chi connectivity index (χ0n) is 27.8. The predicted octanol–water partition coefficient (Wildman–Crippen LogP) is 5.94. The number of hydrogen-bond donors (Lipinski definition) is 0. The number of likely N-dealkylation sites (tertiary alicyclic amines) is 2. The lowest BCUT2D eigenvalue weighted by Gasteiger charge is -2.41. The molecule has 0 N–H and O–H groups in total. The highest BCUT2D eigenvalue weighted by Crippen LogP contribution is 2.41. The van der Waals surface area contributed by atoms with Crippen LogP contribution in [0.25, 0.3) is 32.9 Å². The number of likely N-dealkylation sites (N-methyl/N-ethyl adjacent to an activating group) is 1. The largest absolute Gasteiger partial charge is 0.461 e. The number of carbonyl (C=O) groups is 1. The van der Waals surface area contributed by atoms with Crippen molar-refractivity contribution in [1.29, 1.82) is 0 Å². The molecule has 1 unspecified atom stereocenters. The summed E-state index contributed by atoms with van der Waals surface area (Å²) in [7, 11) is 3.97. The van der Waals surface area contributed by atoms with E-state index in [9.17, 15) is 9.18 Å². The number of fused-ring (bicyclic) bond motifs is 3. The number of anilines is 1. The second-order valence-electron chi connectivity index (χ2n) is 14.2. The molecule has 0 aliphatic carbocycles. The lowest BCUT2D eigenvalue weighted by atomic mass is 9.95. The van der Waals surface area contributed by atoms with Gasteiger partial charge in [0.1, 0.15) is 29.5 Å². The van der Waals surface area contributed by atoms with E-state index in [1.807, 2.05) is 22.9 Å². The predicted molar refractivity (Wildman–Crippen MR) is 187 cm³/mol. The number of rotatable bonds is 9. The third kappa shape index (κ3) is 5.79. The molecule has 0 radical (unpaired) electrons. The molecule has 1 amide bonds. The van der Waals surface area contributed by atoms with Crippen molar-refractivity contribution in [3.8, 4) is 17.3 Å². The summed E-state index contributed by atoms with van der Waals surface area (Å²) in [5.41, 5.74) is 0.432. The van der Waals surface area contributed by atoms with Gasteiger partial charge >= 0.3 is 6.01 Å². The molecule has 4 aliphatic heterocycles. The number of hydrogen-bond acceptors (Lipinski definition) is 8. The Morgan fingerprint density at radius 1 is 1.12 bits per heavy atom. The smallest absolute Gasteiger partial charge is 0.319 e. The Hall–Kier alpha value is -3.93. The molecule has 0 saturated carbocycles. The standard InChI is InChI=1S/C37H40ClF2N7O2/c1-44-17-12-25(44)9-11-29(48)46-20-23(21-46)19-45(2)35-27-18-41-33(26-7-3-6-24-8-10-28(39)31(38)30(24)26)32(40)34(27)42-36(43-35)49-22-37-13-4-15-47(37)16-5-14-37/h3,6-11,18,23,25H,4-5,12-17,19-22H2,1-2H3/b11-9+. The summed E-state index contributed by atoms with van der Waals surface area (Å²) < 4.78 is 37.7. The van der Waals surface area contributed by atoms with Crippen LogP contribution in [0.4, 0.5) is 14.6 Å². The average Bonchev–Trinajstić information content (AvgIpc) is 3.67. The van der Waals surface area contributed by atoms with Gasteiger partial charge in [-0.25, -0.2) is 8.78 Å². The number of benzene rings is 2. The Bertz CT molecular complexity index is 1960. The normalized spacial score (nSPS) is 21.0. The van der Waals surface area contributed by atoms with E-state index in [0.29, 0.717) is 59.8 Å². The average molecular weight is 688 g/mol. The van der Waals surface area contributed by atoms with Crippen LogP contribution in [0.5, 0.6) is 6.01 Å². The fourth-order valence-corrected chi connectivity index (χ4v) is 8.42. The van der Waals surface area contributed by atoms with Crippen molar-refractivity contribution >= 4 is 45.0 Å². The van der Waals surface area contributed by atoms with Gasteiger partial charge in [-0.15, -0.1) is 0 Å². The van der Waals surface area contributed by atoms with Crippen molar-refractivity contribution in [2.75, 3.05) is 64.9 Å². The van der Waals surface area contributed by atoms with Crippen molar-refractivity contribution in [1.82, 2.24) is 29.7 Å². The molecule has 2 aromatic carbocycles. The maximum atomic E-state index is 16.7. The molecule has 49 heavy (non-hydrogen) atoms. The van der Waals surface area contributed by atoms with Crippen molar-refractivity contribution in [2.24, 2.45) is 5.92 Å². The van der Waals surface area contributed by atoms with E-state index in [4.69, 9.17) is 21.3 Å². The number of nitrogens with zero attached hydrogens (tertiary/aromatic N) is 7. The van der Waals surface area contributed by atoms with Crippen LogP contribution in [0, 0.1) is 17.6 Å². The van der Waals surface area contributed by atoms with Crippen molar-refractivity contribution < 1.29 is 18.3 Å². The fraction of sp³-hybridized carbons (Fsp3) is 0.459. The summed E-state index contributed by atoms with van der Waals surface area (Å²) >= 11 is 6.42. The number of pyridine rings is 1. The Kier molecular flexibility index (Phi) is 8.40. The molecule has 4 aromatic rings. The van der Waals surface area contributed by atoms with E-state index in [0.717, 1.165) is 51.7 Å². The molecule has 9 nitrogen and oxygen atoms in total. The first-order valence-corrected chi connectivity index (χ1v) is 17.6. The Morgan fingerprint density at radius 2 is 1.92 bits per heavy atom. The summed E-state index contributed by atoms with van der Waals surface area (Å²) in [6.45, 7) is 5.47. The summed E-state index contributed by atoms with van der Waals surface area (Å²) in [5.74, 6) is -0.489. The number of carbonyl (C=O) groups excluding carboxylic acids is 1. The number of ether oxygens (including phenoxy) is 1. The van der Waals surface area contributed by atoms with Crippen LogP contribution in [-0.2, 0) is 4.79 Å². The number of halogens is 3. The van der Waals surface area contributed by atoms with Crippen molar-refractivity contribution in [2.45, 2.75) is 43.7 Å². The Labute approximate surface area is 289 Å². The van der Waals surface area contributed by atoms with Gasteiger partial charge in [0.05, 0.1) is 15.9 Å². The van der Waals surface area contributed by atoms with Gasteiger partial charge < -0.3 is 14.5 Å². The van der Waals surface area contributed by atoms with Crippen LogP contribution >= 0.6 is 11.6 Å². The molecule has 256 valence electrons. The zero-order valence-corrected chi connectivity index (χ0v) is 28.6. The van der Waals surface area contributed by atoms with Gasteiger partial charge in [0, 0.05) is 68.4 Å². The maximum absolute atomic E-state index is 16.7. The quantitative estimate of drug-likeness (QED) is 0.200. The molecular weight excluding hydrogens is 648 g/mol. The van der Waals surface area contributed by atoms with Crippen molar-refractivity contribution in [3.05, 3.63) is 65.3 Å². The van der Waals surface area contributed by atoms with E-state index in [1.165, 1.54) is 6.07 Å². The SMILES string of the molecule is CN(CC1CN(C(=O)/C=C/C2CCN2C)C1)c1nc(OCC23CCCN2CCC3)nc2c(F)c(-c3cccc4ccc(F)c(Cl)c34)ncc12. The third-order valence-electron chi connectivity index (χ3n) is 11.1. The van der Waals surface area contributed by atoms with Crippen LogP contribution in [0.1, 0.15) is 32.1 Å². The molecule has 12 heteroatoms. The van der Waals surface area contributed by atoms with E-state index < -0.39 is 11.6 Å². The van der Waals surface area contributed by atoms with Crippen LogP contribution in [0.2, 0.25) is 5.02 Å². The van der Waals surface area contributed by atoms with Crippen LogP contribution < -0.4 is 9.64 Å². The van der Waals surface area contributed by atoms with Gasteiger partial charge in [0.2, 0.25) is 5.91 Å². The van der Waals surface area contributed by atoms with Crippen LogP contribution in [0.15, 0.2) is 48.7 Å². The van der Waals surface area contributed by atoms with E-state index in [-0.39, 0.29) is 39.6 Å². The molecule has 2 aromatic heterocycles. The highest BCUT2D eigenvalue weighted by molar-refractivity contribution is 6.36. The highest BCUT2D eigenvalue weighted by atomic mass is 35.5. The molecule has 4 saturated heterocycles. The minimum atomic E-state index is -0.655. The molecule has 1 atom stereocenters. The molecule has 4 fully saturated rings. The minimum absolute atomic E-state index is 0.0227. The summed E-state index contributed by atoms with van der Waals surface area (Å²) in [5, 5.41) is 1.42. The fourth-order valence-electron chi connectivity index (χ4n) is 8.15. The first kappa shape index (κ1) is 32.3. The van der Waals surface area contributed by atoms with E-state index in [2.05, 4.69) is 26.8 Å². The Morgan fingerprint density at radius 3 is 2.65 bits per heavy atom. The maximum Gasteiger partial charge on any atom is 0.319 e. The molecule has 4 aliphatic rings. The van der Waals surface area contributed by atoms with E-state index in [1.54, 1.807) is 36.5 Å². The summed E-state index contributed by atoms with van der Waals surface area (Å²) in [4.78, 5) is 35.3. The minimum Gasteiger partial charge on any atom is -0.461 e. The van der Waals surface area contributed by atoms with E-state index >= 15 is 4.39 Å². The van der Waals surface area contributed by atoms with Gasteiger partial charge in [0.15, 0.2) is 5.82 Å². The van der Waals surface area contributed by atoms with Gasteiger partial charge in [-0.2, -0.15) is 9.97 Å². The molecule has 0 bridgehead atoms. The topological polar surface area (TPSA) is 77.9 Å². The molecule has 6 heterocycles. The lowest BCUT2D eigenvalue weighted by Crippen LogP contribution is -2.53. The molecule has 0 spiro atoms. The van der Waals surface area contributed by atoms with Gasteiger partial charge in [-0.1, -0.05) is 41.9 Å². The lowest BCUT2D eigenvalue weighted by molar-refractivity contribution is -0.131. The Balaban J connectivity index is 1.10. The van der Waals surface area contributed by atoms with Gasteiger partial charge in [-0.05, 0) is 63.7 Å². The highest BCUT2D eigenvalue weighted by Gasteiger charge is 2.45. The van der Waals surface area contributed by atoms with Crippen LogP contribution in [-0.4, -0.2) is 107 Å². The zero-order chi connectivity index (χ0) is 33.9. The summed E-state index contributed by atoms with van der Waals surface area (Å²) in [6, 6.07) is 8.63. The molecule has 8 rings (SSSR count). The summed E-state index contributed by atoms with van der Waals surface area (Å²) in [6.07, 6.45) is 10.7. The van der Waals surface area contributed by atoms with Crippen molar-refractivity contribution in [3.63, 3.8) is 0 Å². The van der Waals surface area contributed by atoms with Gasteiger partial charge in [0.25, 0.3) is 0 Å². The molecular formula is C37H40ClF2N7O2. The first-order chi connectivity index (χ1) is 23.7. The number of aromatic nitrogens is 3. The second kappa shape index (κ2) is 12.8.